The Balaban J connectivity index is 0.00000144. The molecule has 0 atom stereocenters. The number of benzene rings is 1. The molecule has 2 aromatic rings. The first-order valence-corrected chi connectivity index (χ1v) is 5.38. The van der Waals surface area contributed by atoms with Gasteiger partial charge in [0.1, 0.15) is 0 Å². The third-order valence-corrected chi connectivity index (χ3v) is 2.26. The van der Waals surface area contributed by atoms with E-state index >= 15 is 0 Å². The fourth-order valence-electron chi connectivity index (χ4n) is 1.47. The lowest BCUT2D eigenvalue weighted by atomic mass is 10.2. The predicted molar refractivity (Wildman–Crippen MR) is 68.1 cm³/mol. The van der Waals surface area contributed by atoms with Crippen LogP contribution in [0.4, 0.5) is 0 Å². The van der Waals surface area contributed by atoms with Crippen LogP contribution in [0.15, 0.2) is 34.9 Å². The molecule has 5 heteroatoms. The van der Waals surface area contributed by atoms with Crippen LogP contribution < -0.4 is 5.32 Å². The van der Waals surface area contributed by atoms with Crippen LogP contribution in [-0.4, -0.2) is 16.7 Å². The van der Waals surface area contributed by atoms with Crippen LogP contribution in [0.2, 0.25) is 0 Å². The maximum Gasteiger partial charge on any atom is 0.227 e. The molecule has 0 aliphatic rings. The number of hydrogen-bond donors (Lipinski definition) is 1. The van der Waals surface area contributed by atoms with E-state index in [0.717, 1.165) is 19.5 Å². The zero-order chi connectivity index (χ0) is 11.2. The van der Waals surface area contributed by atoms with Crippen molar-refractivity contribution in [1.29, 1.82) is 0 Å². The van der Waals surface area contributed by atoms with E-state index in [-0.39, 0.29) is 12.4 Å². The van der Waals surface area contributed by atoms with E-state index in [9.17, 15) is 0 Å². The van der Waals surface area contributed by atoms with Gasteiger partial charge in [0.05, 0.1) is 0 Å². The van der Waals surface area contributed by atoms with Crippen LogP contribution in [-0.2, 0) is 13.0 Å². The summed E-state index contributed by atoms with van der Waals surface area (Å²) in [5.74, 6) is 1.39. The predicted octanol–water partition coefficient (Wildman–Crippen LogP) is 2.13. The molecule has 0 fully saturated rings. The van der Waals surface area contributed by atoms with Crippen LogP contribution in [0.1, 0.15) is 17.3 Å². The Morgan fingerprint density at radius 3 is 2.65 bits per heavy atom. The lowest BCUT2D eigenvalue weighted by Gasteiger charge is -2.02. The molecule has 0 amide bonds. The third-order valence-electron chi connectivity index (χ3n) is 2.26. The van der Waals surface area contributed by atoms with E-state index in [2.05, 4.69) is 27.6 Å². The van der Waals surface area contributed by atoms with Gasteiger partial charge in [0.15, 0.2) is 5.82 Å². The molecule has 0 aliphatic heterocycles. The maximum absolute atomic E-state index is 5.02. The normalized spacial score (nSPS) is 9.94. The van der Waals surface area contributed by atoms with Crippen molar-refractivity contribution < 1.29 is 4.52 Å². The van der Waals surface area contributed by atoms with Crippen molar-refractivity contribution in [2.24, 2.45) is 0 Å². The lowest BCUT2D eigenvalue weighted by Crippen LogP contribution is -2.16. The topological polar surface area (TPSA) is 51.0 Å². The SMILES string of the molecule is Cc1noc(CCNCc2ccccc2)n1.Cl. The smallest absolute Gasteiger partial charge is 0.227 e. The minimum absolute atomic E-state index is 0. The van der Waals surface area contributed by atoms with E-state index in [1.54, 1.807) is 0 Å². The van der Waals surface area contributed by atoms with E-state index in [0.29, 0.717) is 11.7 Å². The van der Waals surface area contributed by atoms with Crippen molar-refractivity contribution >= 4 is 12.4 Å². The highest BCUT2D eigenvalue weighted by atomic mass is 35.5. The van der Waals surface area contributed by atoms with Crippen LogP contribution in [0.25, 0.3) is 0 Å². The van der Waals surface area contributed by atoms with E-state index < -0.39 is 0 Å². The molecule has 1 N–H and O–H groups in total. The Kier molecular flexibility index (Phi) is 5.66. The Bertz CT molecular complexity index is 430. The van der Waals surface area contributed by atoms with Crippen molar-refractivity contribution in [2.45, 2.75) is 19.9 Å². The van der Waals surface area contributed by atoms with Gasteiger partial charge in [-0.1, -0.05) is 35.5 Å². The summed E-state index contributed by atoms with van der Waals surface area (Å²) in [7, 11) is 0. The van der Waals surface area contributed by atoms with Crippen LogP contribution in [0, 0.1) is 6.92 Å². The van der Waals surface area contributed by atoms with Gasteiger partial charge in [-0.2, -0.15) is 4.98 Å². The molecule has 0 saturated carbocycles. The van der Waals surface area contributed by atoms with Gasteiger partial charge in [-0.15, -0.1) is 12.4 Å². The zero-order valence-electron chi connectivity index (χ0n) is 9.72. The van der Waals surface area contributed by atoms with E-state index in [4.69, 9.17) is 4.52 Å². The van der Waals surface area contributed by atoms with Crippen molar-refractivity contribution in [1.82, 2.24) is 15.5 Å². The fraction of sp³-hybridized carbons (Fsp3) is 0.333. The van der Waals surface area contributed by atoms with Crippen LogP contribution in [0.5, 0.6) is 0 Å². The van der Waals surface area contributed by atoms with E-state index in [1.807, 2.05) is 25.1 Å². The van der Waals surface area contributed by atoms with Crippen molar-refractivity contribution in [2.75, 3.05) is 6.54 Å². The second kappa shape index (κ2) is 7.04. The van der Waals surface area contributed by atoms with E-state index in [1.165, 1.54) is 5.56 Å². The number of rotatable bonds is 5. The number of aryl methyl sites for hydroxylation is 1. The molecule has 1 aromatic carbocycles. The highest BCUT2D eigenvalue weighted by Gasteiger charge is 2.01. The van der Waals surface area contributed by atoms with Crippen LogP contribution >= 0.6 is 12.4 Å². The quantitative estimate of drug-likeness (QED) is 0.830. The monoisotopic (exact) mass is 253 g/mol. The first kappa shape index (κ1) is 13.7. The molecule has 0 unspecified atom stereocenters. The molecule has 4 nitrogen and oxygen atoms in total. The Hall–Kier alpha value is -1.39. The second-order valence-corrected chi connectivity index (χ2v) is 3.65. The maximum atomic E-state index is 5.02. The molecule has 0 bridgehead atoms. The summed E-state index contributed by atoms with van der Waals surface area (Å²) in [6, 6.07) is 10.3. The highest BCUT2D eigenvalue weighted by Crippen LogP contribution is 1.98. The van der Waals surface area contributed by atoms with Gasteiger partial charge >= 0.3 is 0 Å². The molecule has 0 radical (unpaired) electrons. The summed E-state index contributed by atoms with van der Waals surface area (Å²) in [6.45, 7) is 3.54. The summed E-state index contributed by atoms with van der Waals surface area (Å²) in [5.41, 5.74) is 1.28. The van der Waals surface area contributed by atoms with Gasteiger partial charge in [-0.25, -0.2) is 0 Å². The number of hydrogen-bond acceptors (Lipinski definition) is 4. The number of aromatic nitrogens is 2. The van der Waals surface area contributed by atoms with Crippen LogP contribution in [0.3, 0.4) is 0 Å². The minimum Gasteiger partial charge on any atom is -0.339 e. The molecule has 92 valence electrons. The van der Waals surface area contributed by atoms with Crippen molar-refractivity contribution in [3.63, 3.8) is 0 Å². The number of nitrogens with one attached hydrogen (secondary N) is 1. The van der Waals surface area contributed by atoms with Gasteiger partial charge in [-0.3, -0.25) is 0 Å². The average Bonchev–Trinajstić information content (AvgIpc) is 2.72. The molecule has 1 heterocycles. The first-order chi connectivity index (χ1) is 7.84. The summed E-state index contributed by atoms with van der Waals surface area (Å²) >= 11 is 0. The molecule has 2 rings (SSSR count). The lowest BCUT2D eigenvalue weighted by molar-refractivity contribution is 0.372. The van der Waals surface area contributed by atoms with Crippen molar-refractivity contribution in [3.8, 4) is 0 Å². The Morgan fingerprint density at radius 1 is 1.24 bits per heavy atom. The summed E-state index contributed by atoms with van der Waals surface area (Å²) < 4.78 is 5.02. The van der Waals surface area contributed by atoms with Crippen molar-refractivity contribution in [3.05, 3.63) is 47.6 Å². The molecule has 17 heavy (non-hydrogen) atoms. The standard InChI is InChI=1S/C12H15N3O.ClH/c1-10-14-12(16-15-10)7-8-13-9-11-5-3-2-4-6-11;/h2-6,13H,7-9H2,1H3;1H. The average molecular weight is 254 g/mol. The number of halogens is 1. The molecule has 0 saturated heterocycles. The minimum atomic E-state index is 0. The van der Waals surface area contributed by atoms with Gasteiger partial charge in [0.25, 0.3) is 0 Å². The molecular weight excluding hydrogens is 238 g/mol. The molecule has 1 aromatic heterocycles. The Labute approximate surface area is 107 Å². The van der Waals surface area contributed by atoms with Gasteiger partial charge < -0.3 is 9.84 Å². The highest BCUT2D eigenvalue weighted by molar-refractivity contribution is 5.85. The largest absolute Gasteiger partial charge is 0.339 e. The molecular formula is C12H16ClN3O. The molecule has 0 spiro atoms. The third kappa shape index (κ3) is 4.54. The van der Waals surface area contributed by atoms with Gasteiger partial charge in [-0.05, 0) is 12.5 Å². The number of nitrogens with zero attached hydrogens (tertiary/aromatic N) is 2. The molecule has 0 aliphatic carbocycles. The van der Waals surface area contributed by atoms with Gasteiger partial charge in [0, 0.05) is 19.5 Å². The van der Waals surface area contributed by atoms with Gasteiger partial charge in [0.2, 0.25) is 5.89 Å². The second-order valence-electron chi connectivity index (χ2n) is 3.65. The fourth-order valence-corrected chi connectivity index (χ4v) is 1.47. The zero-order valence-corrected chi connectivity index (χ0v) is 10.5. The summed E-state index contributed by atoms with van der Waals surface area (Å²) in [4.78, 5) is 4.14. The Morgan fingerprint density at radius 2 is 2.00 bits per heavy atom. The summed E-state index contributed by atoms with van der Waals surface area (Å²) in [6.07, 6.45) is 0.772. The first-order valence-electron chi connectivity index (χ1n) is 5.38. The summed E-state index contributed by atoms with van der Waals surface area (Å²) in [5, 5.41) is 7.07.